The van der Waals surface area contributed by atoms with Gasteiger partial charge in [-0.3, -0.25) is 4.79 Å². The third-order valence-electron chi connectivity index (χ3n) is 3.83. The minimum absolute atomic E-state index is 0.0443. The van der Waals surface area contributed by atoms with Gasteiger partial charge >= 0.3 is 0 Å². The monoisotopic (exact) mass is 354 g/mol. The zero-order valence-electron chi connectivity index (χ0n) is 14.3. The Morgan fingerprint density at radius 1 is 1.20 bits per heavy atom. The lowest BCUT2D eigenvalue weighted by atomic mass is 10.2. The molecule has 3 rings (SSSR count). The van der Waals surface area contributed by atoms with E-state index in [1.54, 1.807) is 11.3 Å². The SMILES string of the molecule is Cc1cccc(OCCCNC(=O)c2cccn2Cc2cccs2)c1. The molecule has 3 aromatic rings. The maximum Gasteiger partial charge on any atom is 0.267 e. The highest BCUT2D eigenvalue weighted by Crippen LogP contribution is 2.14. The van der Waals surface area contributed by atoms with Gasteiger partial charge in [0.2, 0.25) is 0 Å². The van der Waals surface area contributed by atoms with Gasteiger partial charge < -0.3 is 14.6 Å². The second kappa shape index (κ2) is 8.53. The van der Waals surface area contributed by atoms with E-state index in [0.29, 0.717) is 18.8 Å². The number of aromatic nitrogens is 1. The number of carbonyl (C=O) groups is 1. The van der Waals surface area contributed by atoms with Crippen molar-refractivity contribution in [3.05, 3.63) is 76.2 Å². The van der Waals surface area contributed by atoms with Gasteiger partial charge in [-0.25, -0.2) is 0 Å². The Morgan fingerprint density at radius 2 is 2.12 bits per heavy atom. The van der Waals surface area contributed by atoms with Crippen molar-refractivity contribution >= 4 is 17.2 Å². The number of thiophene rings is 1. The normalized spacial score (nSPS) is 10.6. The molecule has 0 spiro atoms. The van der Waals surface area contributed by atoms with Crippen LogP contribution in [-0.4, -0.2) is 23.6 Å². The molecule has 5 heteroatoms. The highest BCUT2D eigenvalue weighted by Gasteiger charge is 2.10. The Bertz CT molecular complexity index is 809. The average molecular weight is 354 g/mol. The molecule has 0 saturated heterocycles. The first-order valence-corrected chi connectivity index (χ1v) is 9.25. The first-order chi connectivity index (χ1) is 12.2. The van der Waals surface area contributed by atoms with Crippen LogP contribution in [0.2, 0.25) is 0 Å². The van der Waals surface area contributed by atoms with Crippen LogP contribution in [0, 0.1) is 6.92 Å². The number of aryl methyl sites for hydroxylation is 1. The van der Waals surface area contributed by atoms with Crippen LogP contribution in [0.3, 0.4) is 0 Å². The average Bonchev–Trinajstić information content (AvgIpc) is 3.27. The van der Waals surface area contributed by atoms with Gasteiger partial charge in [0.05, 0.1) is 13.2 Å². The molecule has 0 bridgehead atoms. The van der Waals surface area contributed by atoms with Crippen LogP contribution in [0.1, 0.15) is 27.3 Å². The summed E-state index contributed by atoms with van der Waals surface area (Å²) in [7, 11) is 0. The van der Waals surface area contributed by atoms with E-state index in [2.05, 4.69) is 11.4 Å². The van der Waals surface area contributed by atoms with Crippen LogP contribution in [0.15, 0.2) is 60.1 Å². The predicted octanol–water partition coefficient (Wildman–Crippen LogP) is 4.11. The minimum atomic E-state index is -0.0443. The van der Waals surface area contributed by atoms with Crippen molar-refractivity contribution in [2.45, 2.75) is 19.9 Å². The molecule has 130 valence electrons. The van der Waals surface area contributed by atoms with Gasteiger partial charge in [-0.05, 0) is 54.6 Å². The van der Waals surface area contributed by atoms with Crippen LogP contribution < -0.4 is 10.1 Å². The molecule has 25 heavy (non-hydrogen) atoms. The number of nitrogens with one attached hydrogen (secondary N) is 1. The van der Waals surface area contributed by atoms with Gasteiger partial charge in [-0.2, -0.15) is 0 Å². The Hall–Kier alpha value is -2.53. The summed E-state index contributed by atoms with van der Waals surface area (Å²) in [5.41, 5.74) is 1.87. The summed E-state index contributed by atoms with van der Waals surface area (Å²) in [6.45, 7) is 3.94. The summed E-state index contributed by atoms with van der Waals surface area (Å²) >= 11 is 1.70. The number of carbonyl (C=O) groups excluding carboxylic acids is 1. The number of hydrogen-bond donors (Lipinski definition) is 1. The molecule has 0 saturated carbocycles. The van der Waals surface area contributed by atoms with Crippen molar-refractivity contribution in [2.24, 2.45) is 0 Å². The van der Waals surface area contributed by atoms with E-state index < -0.39 is 0 Å². The lowest BCUT2D eigenvalue weighted by Gasteiger charge is -2.10. The quantitative estimate of drug-likeness (QED) is 0.619. The maximum atomic E-state index is 12.4. The molecule has 0 radical (unpaired) electrons. The number of rotatable bonds is 8. The molecule has 2 aromatic heterocycles. The number of hydrogen-bond acceptors (Lipinski definition) is 3. The number of benzene rings is 1. The van der Waals surface area contributed by atoms with Gasteiger partial charge in [0.25, 0.3) is 5.91 Å². The second-order valence-electron chi connectivity index (χ2n) is 5.88. The first kappa shape index (κ1) is 17.3. The van der Waals surface area contributed by atoms with Crippen LogP contribution in [-0.2, 0) is 6.54 Å². The topological polar surface area (TPSA) is 43.3 Å². The Morgan fingerprint density at radius 3 is 2.92 bits per heavy atom. The second-order valence-corrected chi connectivity index (χ2v) is 6.91. The van der Waals surface area contributed by atoms with Crippen molar-refractivity contribution in [3.63, 3.8) is 0 Å². The lowest BCUT2D eigenvalue weighted by Crippen LogP contribution is -2.27. The molecule has 2 heterocycles. The number of nitrogens with zero attached hydrogens (tertiary/aromatic N) is 1. The fraction of sp³-hybridized carbons (Fsp3) is 0.250. The predicted molar refractivity (Wildman–Crippen MR) is 101 cm³/mol. The summed E-state index contributed by atoms with van der Waals surface area (Å²) < 4.78 is 7.67. The van der Waals surface area contributed by atoms with Gasteiger partial charge in [0, 0.05) is 17.6 Å². The van der Waals surface area contributed by atoms with Crippen molar-refractivity contribution in [2.75, 3.05) is 13.2 Å². The molecule has 0 atom stereocenters. The maximum absolute atomic E-state index is 12.4. The van der Waals surface area contributed by atoms with Crippen molar-refractivity contribution in [1.29, 1.82) is 0 Å². The van der Waals surface area contributed by atoms with Crippen LogP contribution >= 0.6 is 11.3 Å². The molecule has 0 aliphatic rings. The van der Waals surface area contributed by atoms with E-state index in [4.69, 9.17) is 4.74 Å². The van der Waals surface area contributed by atoms with Gasteiger partial charge in [-0.1, -0.05) is 18.2 Å². The largest absolute Gasteiger partial charge is 0.494 e. The Labute approximate surface area is 152 Å². The summed E-state index contributed by atoms with van der Waals surface area (Å²) in [5, 5.41) is 5.01. The van der Waals surface area contributed by atoms with Crippen molar-refractivity contribution in [1.82, 2.24) is 9.88 Å². The summed E-state index contributed by atoms with van der Waals surface area (Å²) in [5.74, 6) is 0.827. The molecule has 0 aliphatic carbocycles. The zero-order valence-corrected chi connectivity index (χ0v) is 15.1. The fourth-order valence-electron chi connectivity index (χ4n) is 2.59. The fourth-order valence-corrected chi connectivity index (χ4v) is 3.29. The molecule has 1 aromatic carbocycles. The number of amides is 1. The van der Waals surface area contributed by atoms with E-state index in [0.717, 1.165) is 18.7 Å². The van der Waals surface area contributed by atoms with E-state index in [1.807, 2.05) is 65.5 Å². The van der Waals surface area contributed by atoms with Gasteiger partial charge in [0.15, 0.2) is 0 Å². The molecule has 1 N–H and O–H groups in total. The molecule has 0 aliphatic heterocycles. The standard InChI is InChI=1S/C20H22N2O2S/c1-16-6-2-7-17(14-16)24-12-5-10-21-20(23)19-9-3-11-22(19)15-18-8-4-13-25-18/h2-4,6-9,11,13-14H,5,10,12,15H2,1H3,(H,21,23). The van der Waals surface area contributed by atoms with Crippen molar-refractivity contribution < 1.29 is 9.53 Å². The highest BCUT2D eigenvalue weighted by atomic mass is 32.1. The van der Waals surface area contributed by atoms with Crippen molar-refractivity contribution in [3.8, 4) is 5.75 Å². The Balaban J connectivity index is 1.43. The third kappa shape index (κ3) is 4.97. The summed E-state index contributed by atoms with van der Waals surface area (Å²) in [6.07, 6.45) is 2.71. The van der Waals surface area contributed by atoms with Crippen LogP contribution in [0.5, 0.6) is 5.75 Å². The highest BCUT2D eigenvalue weighted by molar-refractivity contribution is 7.09. The first-order valence-electron chi connectivity index (χ1n) is 8.37. The van der Waals surface area contributed by atoms with Crippen LogP contribution in [0.25, 0.3) is 0 Å². The summed E-state index contributed by atoms with van der Waals surface area (Å²) in [4.78, 5) is 13.6. The number of ether oxygens (including phenoxy) is 1. The molecule has 0 fully saturated rings. The smallest absolute Gasteiger partial charge is 0.267 e. The van der Waals surface area contributed by atoms with E-state index in [9.17, 15) is 4.79 Å². The van der Waals surface area contributed by atoms with E-state index in [-0.39, 0.29) is 5.91 Å². The lowest BCUT2D eigenvalue weighted by molar-refractivity contribution is 0.0943. The minimum Gasteiger partial charge on any atom is -0.494 e. The van der Waals surface area contributed by atoms with Gasteiger partial charge in [0.1, 0.15) is 11.4 Å². The van der Waals surface area contributed by atoms with E-state index >= 15 is 0 Å². The molecule has 0 unspecified atom stereocenters. The zero-order chi connectivity index (χ0) is 17.5. The summed E-state index contributed by atoms with van der Waals surface area (Å²) in [6, 6.07) is 15.8. The van der Waals surface area contributed by atoms with Gasteiger partial charge in [-0.15, -0.1) is 11.3 Å². The molecule has 1 amide bonds. The van der Waals surface area contributed by atoms with Crippen LogP contribution in [0.4, 0.5) is 0 Å². The third-order valence-corrected chi connectivity index (χ3v) is 4.69. The Kier molecular flexibility index (Phi) is 5.90. The molecular formula is C20H22N2O2S. The van der Waals surface area contributed by atoms with E-state index in [1.165, 1.54) is 10.4 Å². The molecule has 4 nitrogen and oxygen atoms in total. The molecular weight excluding hydrogens is 332 g/mol.